The summed E-state index contributed by atoms with van der Waals surface area (Å²) >= 11 is 0. The highest BCUT2D eigenvalue weighted by molar-refractivity contribution is 5.93. The van der Waals surface area contributed by atoms with Gasteiger partial charge in [-0.15, -0.1) is 0 Å². The van der Waals surface area contributed by atoms with Crippen LogP contribution in [-0.2, 0) is 19.3 Å². The highest BCUT2D eigenvalue weighted by atomic mass is 16.5. The topological polar surface area (TPSA) is 81.2 Å². The van der Waals surface area contributed by atoms with E-state index in [-0.39, 0.29) is 5.91 Å². The number of hydrogen-bond acceptors (Lipinski definition) is 5. The number of nitrogens with zero attached hydrogens (tertiary/aromatic N) is 2. The van der Waals surface area contributed by atoms with Crippen LogP contribution in [0.15, 0.2) is 33.2 Å². The normalized spacial score (nSPS) is 13.8. The van der Waals surface area contributed by atoms with Crippen molar-refractivity contribution in [1.82, 2.24) is 15.5 Å². The van der Waals surface area contributed by atoms with Crippen LogP contribution in [0, 0.1) is 0 Å². The molecule has 1 aromatic carbocycles. The first kappa shape index (κ1) is 14.9. The zero-order valence-electron chi connectivity index (χ0n) is 13.4. The van der Waals surface area contributed by atoms with E-state index >= 15 is 0 Å². The maximum Gasteiger partial charge on any atom is 0.273 e. The number of benzene rings is 1. The van der Waals surface area contributed by atoms with Crippen LogP contribution in [0.5, 0.6) is 0 Å². The third kappa shape index (κ3) is 2.91. The van der Waals surface area contributed by atoms with Crippen molar-refractivity contribution in [2.75, 3.05) is 6.54 Å². The lowest BCUT2D eigenvalue weighted by molar-refractivity contribution is 0.0943. The third-order valence-corrected chi connectivity index (χ3v) is 4.36. The van der Waals surface area contributed by atoms with Gasteiger partial charge in [0.1, 0.15) is 11.3 Å². The Labute approximate surface area is 139 Å². The molecule has 0 radical (unpaired) electrons. The number of oxazole rings is 1. The zero-order chi connectivity index (χ0) is 16.4. The molecule has 24 heavy (non-hydrogen) atoms. The van der Waals surface area contributed by atoms with Crippen LogP contribution in [0.1, 0.15) is 47.0 Å². The number of carbonyl (C=O) groups excluding carboxylic acids is 1. The number of nitrogens with one attached hydrogen (secondary N) is 1. The molecule has 0 aliphatic heterocycles. The monoisotopic (exact) mass is 325 g/mol. The van der Waals surface area contributed by atoms with Gasteiger partial charge < -0.3 is 14.3 Å². The molecule has 0 atom stereocenters. The maximum atomic E-state index is 12.3. The lowest BCUT2D eigenvalue weighted by Crippen LogP contribution is -2.26. The molecule has 0 spiro atoms. The van der Waals surface area contributed by atoms with Gasteiger partial charge in [-0.05, 0) is 37.8 Å². The van der Waals surface area contributed by atoms with Crippen molar-refractivity contribution >= 4 is 17.0 Å². The van der Waals surface area contributed by atoms with E-state index in [0.717, 1.165) is 54.5 Å². The zero-order valence-corrected chi connectivity index (χ0v) is 13.4. The summed E-state index contributed by atoms with van der Waals surface area (Å²) in [5, 5.41) is 6.85. The standard InChI is InChI=1S/C18H19N3O3/c22-18(17-12-6-1-3-8-14(12)24-21-17)19-11-5-10-16-20-13-7-2-4-9-15(13)23-16/h2,4,7,9H,1,3,5-6,8,10-11H2,(H,19,22). The molecular formula is C18H19N3O3. The Morgan fingerprint density at radius 1 is 1.21 bits per heavy atom. The molecule has 0 fully saturated rings. The highest BCUT2D eigenvalue weighted by Gasteiger charge is 2.23. The van der Waals surface area contributed by atoms with E-state index in [1.54, 1.807) is 0 Å². The van der Waals surface area contributed by atoms with Gasteiger partial charge in [0.15, 0.2) is 17.2 Å². The second kappa shape index (κ2) is 6.47. The smallest absolute Gasteiger partial charge is 0.273 e. The van der Waals surface area contributed by atoms with Gasteiger partial charge in [-0.25, -0.2) is 4.98 Å². The minimum atomic E-state index is -0.153. The molecule has 6 heteroatoms. The Bertz CT molecular complexity index is 832. The van der Waals surface area contributed by atoms with E-state index in [4.69, 9.17) is 8.94 Å². The molecule has 2 heterocycles. The van der Waals surface area contributed by atoms with Gasteiger partial charge in [-0.2, -0.15) is 0 Å². The Balaban J connectivity index is 1.31. The second-order valence-electron chi connectivity index (χ2n) is 6.07. The van der Waals surface area contributed by atoms with E-state index in [1.165, 1.54) is 0 Å². The number of amides is 1. The summed E-state index contributed by atoms with van der Waals surface area (Å²) in [6, 6.07) is 7.70. The molecule has 4 rings (SSSR count). The molecule has 0 unspecified atom stereocenters. The van der Waals surface area contributed by atoms with Crippen LogP contribution >= 0.6 is 0 Å². The van der Waals surface area contributed by atoms with E-state index in [0.29, 0.717) is 24.6 Å². The minimum absolute atomic E-state index is 0.153. The lowest BCUT2D eigenvalue weighted by atomic mass is 9.96. The van der Waals surface area contributed by atoms with Crippen LogP contribution in [0.25, 0.3) is 11.1 Å². The Morgan fingerprint density at radius 3 is 3.00 bits per heavy atom. The molecule has 0 bridgehead atoms. The largest absolute Gasteiger partial charge is 0.441 e. The second-order valence-corrected chi connectivity index (χ2v) is 6.07. The van der Waals surface area contributed by atoms with Gasteiger partial charge in [0.2, 0.25) is 0 Å². The number of aryl methyl sites for hydroxylation is 2. The van der Waals surface area contributed by atoms with Crippen LogP contribution in [-0.4, -0.2) is 22.6 Å². The average Bonchev–Trinajstić information content (AvgIpc) is 3.22. The molecule has 3 aromatic rings. The summed E-state index contributed by atoms with van der Waals surface area (Å²) < 4.78 is 11.0. The maximum absolute atomic E-state index is 12.3. The summed E-state index contributed by atoms with van der Waals surface area (Å²) in [5.41, 5.74) is 3.10. The molecule has 1 N–H and O–H groups in total. The molecule has 0 saturated heterocycles. The fourth-order valence-electron chi connectivity index (χ4n) is 3.12. The van der Waals surface area contributed by atoms with Crippen molar-refractivity contribution in [3.05, 3.63) is 47.2 Å². The van der Waals surface area contributed by atoms with Crippen LogP contribution < -0.4 is 5.32 Å². The van der Waals surface area contributed by atoms with E-state index < -0.39 is 0 Å². The SMILES string of the molecule is O=C(NCCCc1nc2ccccc2o1)c1noc2c1CCCC2. The molecule has 124 valence electrons. The fraction of sp³-hybridized carbons (Fsp3) is 0.389. The van der Waals surface area contributed by atoms with Crippen molar-refractivity contribution in [1.29, 1.82) is 0 Å². The first-order valence-corrected chi connectivity index (χ1v) is 8.41. The molecule has 1 amide bonds. The Morgan fingerprint density at radius 2 is 2.08 bits per heavy atom. The Hall–Kier alpha value is -2.63. The first-order valence-electron chi connectivity index (χ1n) is 8.41. The lowest BCUT2D eigenvalue weighted by Gasteiger charge is -2.09. The van der Waals surface area contributed by atoms with Gasteiger partial charge in [0, 0.05) is 24.9 Å². The van der Waals surface area contributed by atoms with Gasteiger partial charge in [0.05, 0.1) is 0 Å². The van der Waals surface area contributed by atoms with E-state index in [9.17, 15) is 4.79 Å². The predicted octanol–water partition coefficient (Wildman–Crippen LogP) is 3.06. The first-order chi connectivity index (χ1) is 11.8. The van der Waals surface area contributed by atoms with Gasteiger partial charge >= 0.3 is 0 Å². The predicted molar refractivity (Wildman–Crippen MR) is 87.8 cm³/mol. The number of hydrogen-bond donors (Lipinski definition) is 1. The van der Waals surface area contributed by atoms with Crippen LogP contribution in [0.3, 0.4) is 0 Å². The molecule has 1 aliphatic rings. The Kier molecular flexibility index (Phi) is 4.02. The average molecular weight is 325 g/mol. The van der Waals surface area contributed by atoms with Gasteiger partial charge in [-0.1, -0.05) is 17.3 Å². The quantitative estimate of drug-likeness (QED) is 0.729. The molecule has 6 nitrogen and oxygen atoms in total. The van der Waals surface area contributed by atoms with E-state index in [2.05, 4.69) is 15.5 Å². The summed E-state index contributed by atoms with van der Waals surface area (Å²) in [5.74, 6) is 1.42. The number of para-hydroxylation sites is 2. The molecular weight excluding hydrogens is 306 g/mol. The van der Waals surface area contributed by atoms with Gasteiger partial charge in [-0.3, -0.25) is 4.79 Å². The van der Waals surface area contributed by atoms with Crippen molar-refractivity contribution in [3.63, 3.8) is 0 Å². The summed E-state index contributed by atoms with van der Waals surface area (Å²) in [6.07, 6.45) is 5.41. The van der Waals surface area contributed by atoms with Gasteiger partial charge in [0.25, 0.3) is 5.91 Å². The number of fused-ring (bicyclic) bond motifs is 2. The van der Waals surface area contributed by atoms with Crippen molar-refractivity contribution in [2.24, 2.45) is 0 Å². The highest BCUT2D eigenvalue weighted by Crippen LogP contribution is 2.24. The van der Waals surface area contributed by atoms with Crippen LogP contribution in [0.2, 0.25) is 0 Å². The molecule has 1 aliphatic carbocycles. The van der Waals surface area contributed by atoms with Crippen molar-refractivity contribution < 1.29 is 13.7 Å². The molecule has 0 saturated carbocycles. The van der Waals surface area contributed by atoms with E-state index in [1.807, 2.05) is 24.3 Å². The summed E-state index contributed by atoms with van der Waals surface area (Å²) in [7, 11) is 0. The van der Waals surface area contributed by atoms with Crippen molar-refractivity contribution in [3.8, 4) is 0 Å². The van der Waals surface area contributed by atoms with Crippen LogP contribution in [0.4, 0.5) is 0 Å². The summed E-state index contributed by atoms with van der Waals surface area (Å²) in [6.45, 7) is 0.555. The minimum Gasteiger partial charge on any atom is -0.441 e. The molecule has 2 aromatic heterocycles. The third-order valence-electron chi connectivity index (χ3n) is 4.36. The fourth-order valence-corrected chi connectivity index (χ4v) is 3.12. The number of aromatic nitrogens is 2. The summed E-state index contributed by atoms with van der Waals surface area (Å²) in [4.78, 5) is 16.7. The number of carbonyl (C=O) groups is 1. The number of rotatable bonds is 5. The van der Waals surface area contributed by atoms with Crippen molar-refractivity contribution in [2.45, 2.75) is 38.5 Å².